The first kappa shape index (κ1) is 10.8. The number of rotatable bonds is 0. The molecule has 2 aromatic rings. The van der Waals surface area contributed by atoms with Crippen molar-refractivity contribution in [1.29, 1.82) is 0 Å². The van der Waals surface area contributed by atoms with E-state index in [1.54, 1.807) is 6.33 Å². The maximum atomic E-state index is 4.06. The molecule has 61 valence electrons. The van der Waals surface area contributed by atoms with Gasteiger partial charge in [0.2, 0.25) is 0 Å². The molecule has 12 heavy (non-hydrogen) atoms. The van der Waals surface area contributed by atoms with Crippen LogP contribution in [0, 0.1) is 0 Å². The summed E-state index contributed by atoms with van der Waals surface area (Å²) in [7, 11) is 0. The highest BCUT2D eigenvalue weighted by Crippen LogP contribution is 2.05. The molecule has 0 fully saturated rings. The lowest BCUT2D eigenvalue weighted by Crippen LogP contribution is -1.63. The summed E-state index contributed by atoms with van der Waals surface area (Å²) in [6.07, 6.45) is 1.70. The van der Waals surface area contributed by atoms with Crippen molar-refractivity contribution >= 4 is 19.4 Å². The van der Waals surface area contributed by atoms with Crippen LogP contribution in [0.4, 0.5) is 0 Å². The highest BCUT2D eigenvalue weighted by Gasteiger charge is 1.88. The monoisotopic (exact) mass is 159 g/mol. The summed E-state index contributed by atoms with van der Waals surface area (Å²) in [4.78, 5) is 7.07. The third-order valence-corrected chi connectivity index (χ3v) is 1.33. The van der Waals surface area contributed by atoms with E-state index in [1.165, 1.54) is 0 Å². The number of benzene rings is 1. The maximum absolute atomic E-state index is 4.06. The van der Waals surface area contributed by atoms with Gasteiger partial charge in [-0.3, -0.25) is 0 Å². The van der Waals surface area contributed by atoms with E-state index in [2.05, 4.69) is 9.97 Å². The Hall–Kier alpha value is -1.25. The van der Waals surface area contributed by atoms with Gasteiger partial charge in [-0.1, -0.05) is 26.0 Å². The number of aromatic amines is 1. The Morgan fingerprint density at radius 2 is 1.83 bits per heavy atom. The van der Waals surface area contributed by atoms with Gasteiger partial charge in [-0.05, 0) is 12.1 Å². The molecular weight excluding hydrogens is 147 g/mol. The highest BCUT2D eigenvalue weighted by molar-refractivity contribution is 5.75. The van der Waals surface area contributed by atoms with Crippen LogP contribution >= 0.6 is 0 Å². The third kappa shape index (κ3) is 2.12. The number of nitrogens with one attached hydrogen (secondary N) is 1. The molecule has 0 spiro atoms. The molecule has 0 saturated heterocycles. The van der Waals surface area contributed by atoms with Gasteiger partial charge in [0.15, 0.2) is 0 Å². The number of fused-ring (bicyclic) bond motifs is 1. The summed E-state index contributed by atoms with van der Waals surface area (Å²) in [6.45, 7) is 4.00. The minimum Gasteiger partial charge on any atom is -0.345 e. The molecule has 0 aliphatic heterocycles. The molecule has 2 nitrogen and oxygen atoms in total. The number of hydrogen-bond acceptors (Lipinski definition) is 1. The van der Waals surface area contributed by atoms with Crippen molar-refractivity contribution in [3.05, 3.63) is 30.6 Å². The predicted molar refractivity (Wildman–Crippen MR) is 53.2 cm³/mol. The predicted octanol–water partition coefficient (Wildman–Crippen LogP) is 2.21. The fourth-order valence-corrected chi connectivity index (χ4v) is 0.880. The normalized spacial score (nSPS) is 8.17. The van der Waals surface area contributed by atoms with Crippen LogP contribution in [0.15, 0.2) is 30.6 Å². The largest absolute Gasteiger partial charge is 0.345 e. The summed E-state index contributed by atoms with van der Waals surface area (Å²) >= 11 is 0. The standard InChI is InChI=1S/C7H6N2.C2H6.B/c1-2-4-7-6(3-1)8-5-9-7;1-2;/h1-5H,(H,8,9);1-2H3;. The van der Waals surface area contributed by atoms with Gasteiger partial charge in [-0.15, -0.1) is 0 Å². The molecule has 2 rings (SSSR count). The van der Waals surface area contributed by atoms with Gasteiger partial charge in [-0.2, -0.15) is 0 Å². The van der Waals surface area contributed by atoms with Crippen LogP contribution in [-0.4, -0.2) is 18.4 Å². The second-order valence-corrected chi connectivity index (χ2v) is 1.92. The summed E-state index contributed by atoms with van der Waals surface area (Å²) < 4.78 is 0. The Labute approximate surface area is 74.6 Å². The zero-order valence-electron chi connectivity index (χ0n) is 7.41. The molecule has 0 aliphatic carbocycles. The van der Waals surface area contributed by atoms with Crippen molar-refractivity contribution in [2.24, 2.45) is 0 Å². The number of H-pyrrole nitrogens is 1. The first-order valence-electron chi connectivity index (χ1n) is 3.85. The fourth-order valence-electron chi connectivity index (χ4n) is 0.880. The molecule has 0 amide bonds. The molecule has 1 aromatic heterocycles. The average molecular weight is 159 g/mol. The highest BCUT2D eigenvalue weighted by atomic mass is 14.9. The molecule has 1 heterocycles. The van der Waals surface area contributed by atoms with E-state index in [4.69, 9.17) is 0 Å². The van der Waals surface area contributed by atoms with Gasteiger partial charge < -0.3 is 4.98 Å². The number of para-hydroxylation sites is 2. The topological polar surface area (TPSA) is 28.7 Å². The van der Waals surface area contributed by atoms with Crippen LogP contribution in [0.3, 0.4) is 0 Å². The van der Waals surface area contributed by atoms with Crippen LogP contribution in [-0.2, 0) is 0 Å². The fraction of sp³-hybridized carbons (Fsp3) is 0.222. The van der Waals surface area contributed by atoms with Crippen LogP contribution < -0.4 is 0 Å². The van der Waals surface area contributed by atoms with Gasteiger partial charge in [0.05, 0.1) is 17.4 Å². The number of aromatic nitrogens is 2. The molecule has 0 aliphatic rings. The van der Waals surface area contributed by atoms with Gasteiger partial charge in [-0.25, -0.2) is 4.98 Å². The van der Waals surface area contributed by atoms with Crippen LogP contribution in [0.2, 0.25) is 0 Å². The van der Waals surface area contributed by atoms with Crippen molar-refractivity contribution in [3.8, 4) is 0 Å². The van der Waals surface area contributed by atoms with Crippen LogP contribution in [0.5, 0.6) is 0 Å². The van der Waals surface area contributed by atoms with E-state index >= 15 is 0 Å². The third-order valence-electron chi connectivity index (χ3n) is 1.33. The molecule has 1 N–H and O–H groups in total. The molecule has 3 heteroatoms. The maximum Gasteiger partial charge on any atom is 0.0931 e. The molecule has 0 atom stereocenters. The quantitative estimate of drug-likeness (QED) is 0.586. The molecule has 3 radical (unpaired) electrons. The molecule has 0 saturated carbocycles. The zero-order chi connectivity index (χ0) is 8.10. The van der Waals surface area contributed by atoms with Crippen LogP contribution in [0.1, 0.15) is 13.8 Å². The first-order valence-corrected chi connectivity index (χ1v) is 3.85. The lowest BCUT2D eigenvalue weighted by Gasteiger charge is -1.81. The molecular formula is C9H12BN2. The summed E-state index contributed by atoms with van der Waals surface area (Å²) in [5.41, 5.74) is 2.12. The van der Waals surface area contributed by atoms with Crippen molar-refractivity contribution in [1.82, 2.24) is 9.97 Å². The van der Waals surface area contributed by atoms with E-state index in [-0.39, 0.29) is 8.41 Å². The Morgan fingerprint density at radius 1 is 1.17 bits per heavy atom. The molecule has 1 aromatic carbocycles. The zero-order valence-corrected chi connectivity index (χ0v) is 7.41. The Balaban J connectivity index is 0.000000378. The molecule has 0 bridgehead atoms. The number of hydrogen-bond donors (Lipinski definition) is 1. The van der Waals surface area contributed by atoms with E-state index < -0.39 is 0 Å². The summed E-state index contributed by atoms with van der Waals surface area (Å²) in [6, 6.07) is 7.94. The van der Waals surface area contributed by atoms with Gasteiger partial charge in [0.25, 0.3) is 0 Å². The van der Waals surface area contributed by atoms with E-state index in [9.17, 15) is 0 Å². The van der Waals surface area contributed by atoms with Crippen molar-refractivity contribution in [3.63, 3.8) is 0 Å². The average Bonchev–Trinajstić information content (AvgIpc) is 2.55. The summed E-state index contributed by atoms with van der Waals surface area (Å²) in [5.74, 6) is 0. The number of imidazole rings is 1. The van der Waals surface area contributed by atoms with E-state index in [0.717, 1.165) is 11.0 Å². The van der Waals surface area contributed by atoms with Gasteiger partial charge >= 0.3 is 0 Å². The second-order valence-electron chi connectivity index (χ2n) is 1.92. The second kappa shape index (κ2) is 5.41. The Morgan fingerprint density at radius 3 is 2.50 bits per heavy atom. The Bertz CT molecular complexity index is 287. The van der Waals surface area contributed by atoms with Crippen molar-refractivity contribution in [2.45, 2.75) is 13.8 Å². The van der Waals surface area contributed by atoms with E-state index in [0.29, 0.717) is 0 Å². The van der Waals surface area contributed by atoms with Gasteiger partial charge in [0.1, 0.15) is 0 Å². The van der Waals surface area contributed by atoms with Gasteiger partial charge in [0, 0.05) is 8.41 Å². The number of nitrogens with zero attached hydrogens (tertiary/aromatic N) is 1. The van der Waals surface area contributed by atoms with Crippen molar-refractivity contribution in [2.75, 3.05) is 0 Å². The molecule has 0 unspecified atom stereocenters. The van der Waals surface area contributed by atoms with E-state index in [1.807, 2.05) is 38.1 Å². The first-order chi connectivity index (χ1) is 5.47. The minimum absolute atomic E-state index is 0. The van der Waals surface area contributed by atoms with Crippen molar-refractivity contribution < 1.29 is 0 Å². The minimum atomic E-state index is 0. The van der Waals surface area contributed by atoms with Crippen LogP contribution in [0.25, 0.3) is 11.0 Å². The lowest BCUT2D eigenvalue weighted by molar-refractivity contribution is 1.34. The SMILES string of the molecule is CC.[B].c1ccc2[nH]cnc2c1. The summed E-state index contributed by atoms with van der Waals surface area (Å²) in [5, 5.41) is 0. The smallest absolute Gasteiger partial charge is 0.0931 e. The lowest BCUT2D eigenvalue weighted by atomic mass is 10.3. The Kier molecular flexibility index (Phi) is 4.85.